The van der Waals surface area contributed by atoms with E-state index < -0.39 is 5.97 Å². The maximum Gasteiger partial charge on any atom is 0.330 e. The Bertz CT molecular complexity index is 1010. The Balaban J connectivity index is 1.31. The lowest BCUT2D eigenvalue weighted by atomic mass is 10.0. The summed E-state index contributed by atoms with van der Waals surface area (Å²) in [4.78, 5) is 13.3. The third-order valence-corrected chi connectivity index (χ3v) is 4.65. The number of carbonyl (C=O) groups excluding carboxylic acids is 1. The number of esters is 1. The highest BCUT2D eigenvalue weighted by molar-refractivity contribution is 7.08. The van der Waals surface area contributed by atoms with Crippen LogP contribution >= 0.6 is 11.3 Å². The second kappa shape index (κ2) is 7.92. The molecule has 4 aromatic rings. The van der Waals surface area contributed by atoms with Gasteiger partial charge >= 0.3 is 5.97 Å². The van der Waals surface area contributed by atoms with Crippen molar-refractivity contribution < 1.29 is 9.53 Å². The Hall–Kier alpha value is -3.32. The average molecular weight is 376 g/mol. The van der Waals surface area contributed by atoms with Gasteiger partial charge in [0.15, 0.2) is 6.54 Å². The molecule has 0 radical (unpaired) electrons. The summed E-state index contributed by atoms with van der Waals surface area (Å²) < 4.78 is 5.31. The van der Waals surface area contributed by atoms with Crippen molar-refractivity contribution in [3.05, 3.63) is 77.0 Å². The zero-order chi connectivity index (χ0) is 18.5. The summed E-state index contributed by atoms with van der Waals surface area (Å²) in [7, 11) is 0. The van der Waals surface area contributed by atoms with Crippen molar-refractivity contribution in [2.45, 2.75) is 13.2 Å². The Morgan fingerprint density at radius 2 is 1.74 bits per heavy atom. The van der Waals surface area contributed by atoms with E-state index in [4.69, 9.17) is 4.74 Å². The fraction of sp³-hybridized carbons (Fsp3) is 0.100. The number of carbonyl (C=O) groups is 1. The molecule has 6 nitrogen and oxygen atoms in total. The summed E-state index contributed by atoms with van der Waals surface area (Å²) in [6, 6.07) is 20.0. The molecule has 0 saturated heterocycles. The van der Waals surface area contributed by atoms with Crippen molar-refractivity contribution >= 4 is 17.3 Å². The molecule has 0 fully saturated rings. The molecule has 2 aromatic carbocycles. The molecule has 7 heteroatoms. The number of thiophene rings is 1. The van der Waals surface area contributed by atoms with Crippen LogP contribution in [-0.2, 0) is 22.7 Å². The van der Waals surface area contributed by atoms with Crippen molar-refractivity contribution in [1.82, 2.24) is 20.2 Å². The highest BCUT2D eigenvalue weighted by Crippen LogP contribution is 2.19. The van der Waals surface area contributed by atoms with Gasteiger partial charge in [-0.05, 0) is 33.4 Å². The number of ether oxygens (including phenoxy) is 1. The van der Waals surface area contributed by atoms with Gasteiger partial charge in [0.05, 0.1) is 0 Å². The predicted molar refractivity (Wildman–Crippen MR) is 103 cm³/mol. The monoisotopic (exact) mass is 376 g/mol. The number of hydrogen-bond donors (Lipinski definition) is 0. The van der Waals surface area contributed by atoms with E-state index in [0.717, 1.165) is 22.3 Å². The van der Waals surface area contributed by atoms with Gasteiger partial charge in [-0.25, -0.2) is 4.79 Å². The zero-order valence-electron chi connectivity index (χ0n) is 14.4. The first-order valence-electron chi connectivity index (χ1n) is 8.38. The van der Waals surface area contributed by atoms with Crippen LogP contribution in [0.25, 0.3) is 22.5 Å². The van der Waals surface area contributed by atoms with Crippen LogP contribution in [0, 0.1) is 0 Å². The fourth-order valence-corrected chi connectivity index (χ4v) is 3.20. The molecule has 0 amide bonds. The average Bonchev–Trinajstić information content (AvgIpc) is 3.39. The first-order chi connectivity index (χ1) is 13.3. The molecule has 0 atom stereocenters. The summed E-state index contributed by atoms with van der Waals surface area (Å²) >= 11 is 1.55. The lowest BCUT2D eigenvalue weighted by molar-refractivity contribution is -0.146. The first kappa shape index (κ1) is 17.1. The molecule has 0 aliphatic rings. The van der Waals surface area contributed by atoms with Gasteiger partial charge in [-0.1, -0.05) is 54.6 Å². The minimum Gasteiger partial charge on any atom is -0.459 e. The number of nitrogens with zero attached hydrogens (tertiary/aromatic N) is 4. The van der Waals surface area contributed by atoms with Crippen molar-refractivity contribution in [2.75, 3.05) is 0 Å². The number of rotatable bonds is 6. The molecular weight excluding hydrogens is 360 g/mol. The number of benzene rings is 2. The SMILES string of the molecule is O=C(Cn1nnc(-c2ccsc2)n1)OCc1ccc(-c2ccccc2)cc1. The lowest BCUT2D eigenvalue weighted by Gasteiger charge is -2.06. The standard InChI is InChI=1S/C20H16N4O2S/c25-19(12-24-22-20(21-23-24)18-10-11-27-14-18)26-13-15-6-8-17(9-7-15)16-4-2-1-3-5-16/h1-11,14H,12-13H2. The van der Waals surface area contributed by atoms with E-state index in [1.54, 1.807) is 11.3 Å². The third kappa shape index (κ3) is 4.27. The summed E-state index contributed by atoms with van der Waals surface area (Å²) in [6.07, 6.45) is 0. The summed E-state index contributed by atoms with van der Waals surface area (Å²) in [5.74, 6) is 0.0944. The van der Waals surface area contributed by atoms with Crippen molar-refractivity contribution in [1.29, 1.82) is 0 Å². The Morgan fingerprint density at radius 1 is 0.963 bits per heavy atom. The van der Waals surface area contributed by atoms with Gasteiger partial charge in [-0.3, -0.25) is 0 Å². The number of hydrogen-bond acceptors (Lipinski definition) is 6. The van der Waals surface area contributed by atoms with Gasteiger partial charge in [-0.15, -0.1) is 10.2 Å². The van der Waals surface area contributed by atoms with Crippen LogP contribution in [0.5, 0.6) is 0 Å². The zero-order valence-corrected chi connectivity index (χ0v) is 15.2. The molecule has 0 saturated carbocycles. The molecule has 27 heavy (non-hydrogen) atoms. The highest BCUT2D eigenvalue weighted by Gasteiger charge is 2.10. The second-order valence-electron chi connectivity index (χ2n) is 5.88. The highest BCUT2D eigenvalue weighted by atomic mass is 32.1. The van der Waals surface area contributed by atoms with Gasteiger partial charge in [0, 0.05) is 10.9 Å². The van der Waals surface area contributed by atoms with Gasteiger partial charge in [0.2, 0.25) is 5.82 Å². The third-order valence-electron chi connectivity index (χ3n) is 3.96. The quantitative estimate of drug-likeness (QED) is 0.479. The van der Waals surface area contributed by atoms with Crippen LogP contribution in [0.3, 0.4) is 0 Å². The van der Waals surface area contributed by atoms with Crippen LogP contribution in [0.4, 0.5) is 0 Å². The van der Waals surface area contributed by atoms with Crippen LogP contribution in [-0.4, -0.2) is 26.2 Å². The number of aromatic nitrogens is 4. The van der Waals surface area contributed by atoms with E-state index in [1.807, 2.05) is 59.3 Å². The largest absolute Gasteiger partial charge is 0.459 e. The second-order valence-corrected chi connectivity index (χ2v) is 6.66. The lowest BCUT2D eigenvalue weighted by Crippen LogP contribution is -2.15. The van der Waals surface area contributed by atoms with Gasteiger partial charge in [0.1, 0.15) is 6.61 Å². The molecule has 0 spiro atoms. The normalized spacial score (nSPS) is 10.7. The Labute approximate surface area is 160 Å². The summed E-state index contributed by atoms with van der Waals surface area (Å²) in [5, 5.41) is 15.9. The van der Waals surface area contributed by atoms with Crippen LogP contribution in [0.15, 0.2) is 71.4 Å². The van der Waals surface area contributed by atoms with Crippen LogP contribution in [0.1, 0.15) is 5.56 Å². The maximum absolute atomic E-state index is 12.0. The smallest absolute Gasteiger partial charge is 0.330 e. The van der Waals surface area contributed by atoms with Crippen molar-refractivity contribution in [3.8, 4) is 22.5 Å². The van der Waals surface area contributed by atoms with Crippen LogP contribution in [0.2, 0.25) is 0 Å². The Kier molecular flexibility index (Phi) is 5.02. The van der Waals surface area contributed by atoms with E-state index in [1.165, 1.54) is 4.80 Å². The molecule has 4 rings (SSSR count). The van der Waals surface area contributed by atoms with Crippen molar-refractivity contribution in [2.24, 2.45) is 0 Å². The molecule has 0 aliphatic carbocycles. The van der Waals surface area contributed by atoms with E-state index in [9.17, 15) is 4.79 Å². The topological polar surface area (TPSA) is 69.9 Å². The van der Waals surface area contributed by atoms with E-state index in [2.05, 4.69) is 27.5 Å². The Morgan fingerprint density at radius 3 is 2.48 bits per heavy atom. The van der Waals surface area contributed by atoms with E-state index in [-0.39, 0.29) is 13.2 Å². The van der Waals surface area contributed by atoms with Crippen LogP contribution < -0.4 is 0 Å². The molecule has 134 valence electrons. The van der Waals surface area contributed by atoms with Gasteiger partial charge < -0.3 is 4.74 Å². The van der Waals surface area contributed by atoms with Crippen molar-refractivity contribution in [3.63, 3.8) is 0 Å². The minimum absolute atomic E-state index is 0.0702. The summed E-state index contributed by atoms with van der Waals surface area (Å²) in [6.45, 7) is 0.138. The molecule has 0 N–H and O–H groups in total. The minimum atomic E-state index is -0.406. The molecular formula is C20H16N4O2S. The maximum atomic E-state index is 12.0. The molecule has 0 aliphatic heterocycles. The summed E-state index contributed by atoms with van der Waals surface area (Å²) in [5.41, 5.74) is 4.09. The molecule has 0 unspecified atom stereocenters. The molecule has 2 aromatic heterocycles. The fourth-order valence-electron chi connectivity index (χ4n) is 2.57. The van der Waals surface area contributed by atoms with E-state index in [0.29, 0.717) is 5.82 Å². The number of tetrazole rings is 1. The van der Waals surface area contributed by atoms with E-state index >= 15 is 0 Å². The van der Waals surface area contributed by atoms with Gasteiger partial charge in [0.25, 0.3) is 0 Å². The predicted octanol–water partition coefficient (Wildman–Crippen LogP) is 3.81. The first-order valence-corrected chi connectivity index (χ1v) is 9.32. The molecule has 0 bridgehead atoms. The van der Waals surface area contributed by atoms with Gasteiger partial charge in [-0.2, -0.15) is 16.1 Å². The molecule has 2 heterocycles.